The second-order valence-corrected chi connectivity index (χ2v) is 5.73. The van der Waals surface area contributed by atoms with Gasteiger partial charge in [-0.2, -0.15) is 10.1 Å². The van der Waals surface area contributed by atoms with Crippen molar-refractivity contribution in [2.75, 3.05) is 0 Å². The van der Waals surface area contributed by atoms with Crippen LogP contribution in [0.25, 0.3) is 40.0 Å². The summed E-state index contributed by atoms with van der Waals surface area (Å²) in [6.45, 7) is 0. The predicted molar refractivity (Wildman–Crippen MR) is 93.2 cm³/mol. The quantitative estimate of drug-likeness (QED) is 0.521. The molecule has 0 saturated carbocycles. The number of hydrogen-bond acceptors (Lipinski definition) is 6. The lowest BCUT2D eigenvalue weighted by molar-refractivity contribution is 0.430. The number of aromatic hydroxyl groups is 1. The van der Waals surface area contributed by atoms with Crippen LogP contribution in [0.15, 0.2) is 65.4 Å². The highest BCUT2D eigenvalue weighted by Crippen LogP contribution is 2.25. The normalized spacial score (nSPS) is 11.2. The fourth-order valence-electron chi connectivity index (χ4n) is 2.69. The first-order valence-corrected chi connectivity index (χ1v) is 7.89. The number of aromatic amines is 1. The van der Waals surface area contributed by atoms with E-state index in [-0.39, 0.29) is 5.75 Å². The van der Waals surface area contributed by atoms with Gasteiger partial charge in [0.25, 0.3) is 5.89 Å². The van der Waals surface area contributed by atoms with Crippen LogP contribution in [-0.2, 0) is 0 Å². The van der Waals surface area contributed by atoms with Crippen LogP contribution in [0, 0.1) is 0 Å². The Morgan fingerprint density at radius 1 is 1.00 bits per heavy atom. The number of rotatable bonds is 3. The first-order valence-electron chi connectivity index (χ1n) is 7.89. The highest BCUT2D eigenvalue weighted by atomic mass is 16.5. The number of phenols is 1. The highest BCUT2D eigenvalue weighted by Gasteiger charge is 2.16. The van der Waals surface area contributed by atoms with Crippen molar-refractivity contribution in [1.82, 2.24) is 29.7 Å². The van der Waals surface area contributed by atoms with Crippen LogP contribution in [0.2, 0.25) is 0 Å². The molecular weight excluding hydrogens is 332 g/mol. The van der Waals surface area contributed by atoms with Crippen molar-refractivity contribution in [1.29, 1.82) is 0 Å². The van der Waals surface area contributed by atoms with Gasteiger partial charge in [0.05, 0.1) is 5.69 Å². The van der Waals surface area contributed by atoms with E-state index in [1.165, 1.54) is 0 Å². The minimum Gasteiger partial charge on any atom is -0.508 e. The van der Waals surface area contributed by atoms with Gasteiger partial charge in [-0.3, -0.25) is 5.10 Å². The summed E-state index contributed by atoms with van der Waals surface area (Å²) in [6.07, 6.45) is 3.75. The average molecular weight is 344 g/mol. The van der Waals surface area contributed by atoms with Gasteiger partial charge >= 0.3 is 0 Å². The molecule has 0 atom stereocenters. The Morgan fingerprint density at radius 3 is 2.73 bits per heavy atom. The van der Waals surface area contributed by atoms with E-state index >= 15 is 0 Å². The smallest absolute Gasteiger partial charge is 0.276 e. The minimum absolute atomic E-state index is 0.207. The molecule has 0 aliphatic heterocycles. The van der Waals surface area contributed by atoms with Crippen LogP contribution in [0.1, 0.15) is 0 Å². The lowest BCUT2D eigenvalue weighted by atomic mass is 10.1. The topological polar surface area (TPSA) is 105 Å². The molecule has 126 valence electrons. The summed E-state index contributed by atoms with van der Waals surface area (Å²) in [5.74, 6) is 0.942. The maximum absolute atomic E-state index is 9.38. The van der Waals surface area contributed by atoms with Gasteiger partial charge < -0.3 is 14.0 Å². The van der Waals surface area contributed by atoms with Crippen molar-refractivity contribution in [3.63, 3.8) is 0 Å². The predicted octanol–water partition coefficient (Wildman–Crippen LogP) is 3.15. The molecule has 8 heteroatoms. The Bertz CT molecular complexity index is 1170. The van der Waals surface area contributed by atoms with Gasteiger partial charge in [-0.15, -0.1) is 0 Å². The van der Waals surface area contributed by atoms with Crippen molar-refractivity contribution >= 4 is 5.65 Å². The average Bonchev–Trinajstić information content (AvgIpc) is 3.40. The number of aromatic nitrogens is 6. The maximum atomic E-state index is 9.38. The Morgan fingerprint density at radius 2 is 1.88 bits per heavy atom. The fourth-order valence-corrected chi connectivity index (χ4v) is 2.69. The van der Waals surface area contributed by atoms with Crippen molar-refractivity contribution in [2.24, 2.45) is 0 Å². The summed E-state index contributed by atoms with van der Waals surface area (Å²) >= 11 is 0. The Balaban J connectivity index is 1.47. The molecule has 8 nitrogen and oxygen atoms in total. The number of hydrogen-bond donors (Lipinski definition) is 2. The Hall–Kier alpha value is -3.94. The molecule has 0 spiro atoms. The third-order valence-electron chi connectivity index (χ3n) is 3.99. The van der Waals surface area contributed by atoms with Crippen molar-refractivity contribution in [3.8, 4) is 40.1 Å². The molecule has 0 aliphatic rings. The number of benzene rings is 1. The van der Waals surface area contributed by atoms with Crippen molar-refractivity contribution < 1.29 is 9.63 Å². The van der Waals surface area contributed by atoms with Gasteiger partial charge in [0.15, 0.2) is 0 Å². The summed E-state index contributed by atoms with van der Waals surface area (Å²) in [6, 6.07) is 14.3. The third kappa shape index (κ3) is 2.40. The molecule has 5 rings (SSSR count). The first kappa shape index (κ1) is 14.4. The zero-order valence-electron chi connectivity index (χ0n) is 13.4. The van der Waals surface area contributed by atoms with Crippen LogP contribution >= 0.6 is 0 Å². The maximum Gasteiger partial charge on any atom is 0.276 e. The van der Waals surface area contributed by atoms with Gasteiger partial charge in [-0.05, 0) is 42.5 Å². The molecule has 0 radical (unpaired) electrons. The molecule has 4 aromatic heterocycles. The van der Waals surface area contributed by atoms with E-state index in [9.17, 15) is 5.11 Å². The molecule has 26 heavy (non-hydrogen) atoms. The Labute approximate surface area is 146 Å². The minimum atomic E-state index is 0.207. The zero-order chi connectivity index (χ0) is 17.5. The molecule has 0 saturated heterocycles. The number of H-pyrrole nitrogens is 1. The van der Waals surface area contributed by atoms with Crippen molar-refractivity contribution in [2.45, 2.75) is 0 Å². The summed E-state index contributed by atoms with van der Waals surface area (Å²) in [5, 5.41) is 20.5. The highest BCUT2D eigenvalue weighted by molar-refractivity contribution is 5.66. The fraction of sp³-hybridized carbons (Fsp3) is 0. The number of pyridine rings is 1. The molecule has 0 aliphatic carbocycles. The molecule has 0 bridgehead atoms. The van der Waals surface area contributed by atoms with Gasteiger partial charge in [0.1, 0.15) is 22.8 Å². The lowest BCUT2D eigenvalue weighted by Gasteiger charge is -1.95. The summed E-state index contributed by atoms with van der Waals surface area (Å²) in [5.41, 5.74) is 3.63. The van der Waals surface area contributed by atoms with E-state index in [1.807, 2.05) is 41.1 Å². The van der Waals surface area contributed by atoms with E-state index in [0.717, 1.165) is 11.2 Å². The van der Waals surface area contributed by atoms with Gasteiger partial charge in [0, 0.05) is 18.0 Å². The molecule has 1 aromatic carbocycles. The SMILES string of the molecule is Oc1ccc(-c2cc(-c3nc(-c4cn5ccccc5n4)no3)[nH]n2)cc1. The zero-order valence-corrected chi connectivity index (χ0v) is 13.4. The second kappa shape index (κ2) is 5.55. The molecule has 5 aromatic rings. The van der Waals surface area contributed by atoms with Crippen LogP contribution < -0.4 is 0 Å². The van der Waals surface area contributed by atoms with E-state index in [1.54, 1.807) is 24.3 Å². The summed E-state index contributed by atoms with van der Waals surface area (Å²) in [7, 11) is 0. The number of imidazole rings is 1. The molecule has 0 fully saturated rings. The van der Waals surface area contributed by atoms with Crippen LogP contribution in [0.4, 0.5) is 0 Å². The summed E-state index contributed by atoms with van der Waals surface area (Å²) < 4.78 is 7.24. The molecular formula is C18H12N6O2. The number of nitrogens with one attached hydrogen (secondary N) is 1. The molecule has 4 heterocycles. The van der Waals surface area contributed by atoms with Gasteiger partial charge in [-0.1, -0.05) is 11.2 Å². The van der Waals surface area contributed by atoms with Gasteiger partial charge in [0.2, 0.25) is 5.82 Å². The number of nitrogens with zero attached hydrogens (tertiary/aromatic N) is 5. The van der Waals surface area contributed by atoms with E-state index < -0.39 is 0 Å². The van der Waals surface area contributed by atoms with Gasteiger partial charge in [-0.25, -0.2) is 4.98 Å². The third-order valence-corrected chi connectivity index (χ3v) is 3.99. The monoisotopic (exact) mass is 344 g/mol. The molecule has 0 amide bonds. The summed E-state index contributed by atoms with van der Waals surface area (Å²) in [4.78, 5) is 8.88. The number of phenolic OH excluding ortho intramolecular Hbond substituents is 1. The largest absolute Gasteiger partial charge is 0.508 e. The van der Waals surface area contributed by atoms with E-state index in [0.29, 0.717) is 28.8 Å². The number of fused-ring (bicyclic) bond motifs is 1. The Kier molecular flexibility index (Phi) is 3.08. The molecule has 2 N–H and O–H groups in total. The second-order valence-electron chi connectivity index (χ2n) is 5.73. The molecule has 0 unspecified atom stereocenters. The van der Waals surface area contributed by atoms with E-state index in [4.69, 9.17) is 4.52 Å². The van der Waals surface area contributed by atoms with Crippen LogP contribution in [0.5, 0.6) is 5.75 Å². The standard InChI is InChI=1S/C18H12N6O2/c25-12-6-4-11(5-7-12)13-9-14(22-21-13)18-20-17(23-26-18)15-10-24-8-2-1-3-16(24)19-15/h1-10,25H,(H,21,22). The van der Waals surface area contributed by atoms with E-state index in [2.05, 4.69) is 25.3 Å². The first-order chi connectivity index (χ1) is 12.8. The van der Waals surface area contributed by atoms with Crippen LogP contribution in [0.3, 0.4) is 0 Å². The van der Waals surface area contributed by atoms with Crippen molar-refractivity contribution in [3.05, 3.63) is 60.9 Å². The van der Waals surface area contributed by atoms with Crippen LogP contribution in [-0.4, -0.2) is 34.8 Å². The lowest BCUT2D eigenvalue weighted by Crippen LogP contribution is -1.81.